The van der Waals surface area contributed by atoms with Crippen LogP contribution < -0.4 is 10.4 Å². The maximum Gasteiger partial charge on any atom is 0.339 e. The summed E-state index contributed by atoms with van der Waals surface area (Å²) in [5.41, 5.74) is 2.86. The van der Waals surface area contributed by atoms with Crippen LogP contribution in [0.5, 0.6) is 5.75 Å². The van der Waals surface area contributed by atoms with Gasteiger partial charge in [0.1, 0.15) is 11.3 Å². The van der Waals surface area contributed by atoms with E-state index in [1.54, 1.807) is 4.90 Å². The van der Waals surface area contributed by atoms with Crippen molar-refractivity contribution in [1.82, 2.24) is 4.90 Å². The van der Waals surface area contributed by atoms with Crippen molar-refractivity contribution >= 4 is 22.8 Å². The minimum atomic E-state index is -0.287. The number of esters is 1. The molecule has 0 N–H and O–H groups in total. The second kappa shape index (κ2) is 7.89. The fourth-order valence-corrected chi connectivity index (χ4v) is 4.36. The highest BCUT2D eigenvalue weighted by Gasteiger charge is 2.31. The average molecular weight is 399 g/mol. The van der Waals surface area contributed by atoms with Crippen LogP contribution in [0.25, 0.3) is 11.0 Å². The van der Waals surface area contributed by atoms with Crippen LogP contribution in [0.15, 0.2) is 21.3 Å². The lowest BCUT2D eigenvalue weighted by Gasteiger charge is -2.19. The number of methoxy groups -OCH3 is 1. The number of likely N-dealkylation sites (tertiary alicyclic amines) is 1. The van der Waals surface area contributed by atoms with Gasteiger partial charge in [-0.2, -0.15) is 0 Å². The zero-order chi connectivity index (χ0) is 20.5. The molecule has 0 bridgehead atoms. The lowest BCUT2D eigenvalue weighted by Crippen LogP contribution is -2.34. The minimum absolute atomic E-state index is 0.130. The number of amides is 1. The van der Waals surface area contributed by atoms with Crippen molar-refractivity contribution in [2.75, 3.05) is 26.8 Å². The predicted octanol–water partition coefficient (Wildman–Crippen LogP) is 2.38. The summed E-state index contributed by atoms with van der Waals surface area (Å²) < 4.78 is 16.1. The number of carbonyl (C=O) groups is 2. The quantitative estimate of drug-likeness (QED) is 0.580. The zero-order valence-corrected chi connectivity index (χ0v) is 16.8. The maximum absolute atomic E-state index is 12.5. The first-order valence-corrected chi connectivity index (χ1v) is 10.1. The molecular weight excluding hydrogens is 374 g/mol. The van der Waals surface area contributed by atoms with Gasteiger partial charge in [0, 0.05) is 29.6 Å². The Morgan fingerprint density at radius 2 is 1.97 bits per heavy atom. The lowest BCUT2D eigenvalue weighted by atomic mass is 9.90. The Balaban J connectivity index is 1.50. The molecule has 1 atom stereocenters. The maximum atomic E-state index is 12.5. The Hall–Kier alpha value is -2.83. The van der Waals surface area contributed by atoms with Gasteiger partial charge in [0.15, 0.2) is 6.61 Å². The number of hydrogen-bond donors (Lipinski definition) is 0. The second-order valence-corrected chi connectivity index (χ2v) is 7.76. The largest absolute Gasteiger partial charge is 0.483 e. The molecule has 1 fully saturated rings. The molecule has 29 heavy (non-hydrogen) atoms. The highest BCUT2D eigenvalue weighted by atomic mass is 16.5. The average Bonchev–Trinajstić information content (AvgIpc) is 3.24. The van der Waals surface area contributed by atoms with E-state index in [9.17, 15) is 14.4 Å². The van der Waals surface area contributed by atoms with E-state index in [0.717, 1.165) is 47.8 Å². The van der Waals surface area contributed by atoms with Gasteiger partial charge in [-0.1, -0.05) is 0 Å². The molecule has 7 nitrogen and oxygen atoms in total. The Kier molecular flexibility index (Phi) is 5.30. The van der Waals surface area contributed by atoms with E-state index >= 15 is 0 Å². The van der Waals surface area contributed by atoms with Crippen LogP contribution in [-0.4, -0.2) is 43.6 Å². The molecule has 0 radical (unpaired) electrons. The lowest BCUT2D eigenvalue weighted by molar-refractivity contribution is -0.145. The molecule has 4 rings (SSSR count). The van der Waals surface area contributed by atoms with Crippen molar-refractivity contribution in [2.45, 2.75) is 39.0 Å². The zero-order valence-electron chi connectivity index (χ0n) is 16.8. The van der Waals surface area contributed by atoms with E-state index in [1.165, 1.54) is 7.11 Å². The molecule has 2 aliphatic rings. The SMILES string of the molecule is COC(=O)C1CCN(C(=O)COc2ccc3c4c(c(=O)oc3c2C)CCCC4)C1. The van der Waals surface area contributed by atoms with Crippen molar-refractivity contribution in [2.24, 2.45) is 5.92 Å². The molecule has 2 heterocycles. The second-order valence-electron chi connectivity index (χ2n) is 7.76. The summed E-state index contributed by atoms with van der Waals surface area (Å²) in [6.45, 7) is 2.57. The summed E-state index contributed by atoms with van der Waals surface area (Å²) in [4.78, 5) is 38.1. The molecular formula is C22H25NO6. The molecule has 1 aromatic heterocycles. The first kappa shape index (κ1) is 19.5. The topological polar surface area (TPSA) is 86.0 Å². The van der Waals surface area contributed by atoms with E-state index in [-0.39, 0.29) is 30.0 Å². The minimum Gasteiger partial charge on any atom is -0.483 e. The summed E-state index contributed by atoms with van der Waals surface area (Å²) in [7, 11) is 1.36. The van der Waals surface area contributed by atoms with Gasteiger partial charge in [-0.05, 0) is 56.7 Å². The first-order valence-electron chi connectivity index (χ1n) is 10.1. The molecule has 1 aliphatic heterocycles. The standard InChI is InChI=1S/C22H25NO6/c1-13-18(28-12-19(24)23-10-9-14(11-23)21(25)27-2)8-7-16-15-5-3-4-6-17(15)22(26)29-20(13)16/h7-8,14H,3-6,9-12H2,1-2H3. The number of carbonyl (C=O) groups excluding carboxylic acids is 2. The Labute approximate surface area is 168 Å². The summed E-state index contributed by atoms with van der Waals surface area (Å²) >= 11 is 0. The summed E-state index contributed by atoms with van der Waals surface area (Å²) in [6, 6.07) is 3.75. The number of nitrogens with zero attached hydrogens (tertiary/aromatic N) is 1. The molecule has 0 saturated carbocycles. The normalized spacial score (nSPS) is 18.6. The van der Waals surface area contributed by atoms with Crippen molar-refractivity contribution in [3.63, 3.8) is 0 Å². The summed E-state index contributed by atoms with van der Waals surface area (Å²) in [6.07, 6.45) is 4.33. The Morgan fingerprint density at radius 3 is 2.72 bits per heavy atom. The number of benzene rings is 1. The fraction of sp³-hybridized carbons (Fsp3) is 0.500. The van der Waals surface area contributed by atoms with Gasteiger partial charge < -0.3 is 18.8 Å². The van der Waals surface area contributed by atoms with E-state index in [4.69, 9.17) is 13.9 Å². The molecule has 1 aromatic carbocycles. The molecule has 154 valence electrons. The van der Waals surface area contributed by atoms with Crippen LogP contribution in [-0.2, 0) is 27.2 Å². The number of aryl methyl sites for hydroxylation is 2. The molecule has 0 spiro atoms. The van der Waals surface area contributed by atoms with Gasteiger partial charge in [-0.3, -0.25) is 9.59 Å². The highest BCUT2D eigenvalue weighted by molar-refractivity contribution is 5.86. The van der Waals surface area contributed by atoms with Crippen molar-refractivity contribution in [3.05, 3.63) is 39.2 Å². The smallest absolute Gasteiger partial charge is 0.339 e. The van der Waals surface area contributed by atoms with Crippen molar-refractivity contribution < 1.29 is 23.5 Å². The van der Waals surface area contributed by atoms with Gasteiger partial charge in [-0.15, -0.1) is 0 Å². The molecule has 1 aliphatic carbocycles. The Bertz CT molecular complexity index is 1020. The third kappa shape index (κ3) is 3.61. The molecule has 1 amide bonds. The van der Waals surface area contributed by atoms with Crippen LogP contribution in [0.1, 0.15) is 36.0 Å². The number of rotatable bonds is 4. The van der Waals surface area contributed by atoms with Gasteiger partial charge >= 0.3 is 11.6 Å². The number of hydrogen-bond acceptors (Lipinski definition) is 6. The molecule has 1 saturated heterocycles. The van der Waals surface area contributed by atoms with Gasteiger partial charge in [-0.25, -0.2) is 4.79 Å². The van der Waals surface area contributed by atoms with E-state index in [0.29, 0.717) is 30.8 Å². The van der Waals surface area contributed by atoms with E-state index in [2.05, 4.69) is 0 Å². The fourth-order valence-electron chi connectivity index (χ4n) is 4.36. The summed E-state index contributed by atoms with van der Waals surface area (Å²) in [5.74, 6) is -0.215. The van der Waals surface area contributed by atoms with Crippen molar-refractivity contribution in [3.8, 4) is 5.75 Å². The van der Waals surface area contributed by atoms with Crippen LogP contribution in [0.4, 0.5) is 0 Å². The van der Waals surface area contributed by atoms with Crippen LogP contribution in [0.2, 0.25) is 0 Å². The highest BCUT2D eigenvalue weighted by Crippen LogP contribution is 2.32. The number of ether oxygens (including phenoxy) is 2. The van der Waals surface area contributed by atoms with Crippen LogP contribution >= 0.6 is 0 Å². The molecule has 7 heteroatoms. The summed E-state index contributed by atoms with van der Waals surface area (Å²) in [5, 5.41) is 0.955. The van der Waals surface area contributed by atoms with Gasteiger partial charge in [0.05, 0.1) is 13.0 Å². The third-order valence-electron chi connectivity index (χ3n) is 6.02. The van der Waals surface area contributed by atoms with Gasteiger partial charge in [0.25, 0.3) is 5.91 Å². The monoisotopic (exact) mass is 399 g/mol. The van der Waals surface area contributed by atoms with E-state index < -0.39 is 0 Å². The third-order valence-corrected chi connectivity index (χ3v) is 6.02. The van der Waals surface area contributed by atoms with Crippen LogP contribution in [0, 0.1) is 12.8 Å². The molecule has 2 aromatic rings. The number of fused-ring (bicyclic) bond motifs is 3. The van der Waals surface area contributed by atoms with Crippen LogP contribution in [0.3, 0.4) is 0 Å². The van der Waals surface area contributed by atoms with Crippen molar-refractivity contribution in [1.29, 1.82) is 0 Å². The Morgan fingerprint density at radius 1 is 1.21 bits per heavy atom. The van der Waals surface area contributed by atoms with Gasteiger partial charge in [0.2, 0.25) is 0 Å². The predicted molar refractivity (Wildman–Crippen MR) is 106 cm³/mol. The molecule has 1 unspecified atom stereocenters. The first-order chi connectivity index (χ1) is 14.0. The van der Waals surface area contributed by atoms with E-state index in [1.807, 2.05) is 19.1 Å².